The van der Waals surface area contributed by atoms with Crippen LogP contribution in [0.5, 0.6) is 0 Å². The zero-order valence-electron chi connectivity index (χ0n) is 9.44. The molecule has 0 unspecified atom stereocenters. The van der Waals surface area contributed by atoms with E-state index in [0.29, 0.717) is 16.8 Å². The summed E-state index contributed by atoms with van der Waals surface area (Å²) in [6.45, 7) is 0. The Bertz CT molecular complexity index is 655. The molecule has 0 aliphatic rings. The highest BCUT2D eigenvalue weighted by Gasteiger charge is 2.12. The average molecular weight is 420 g/mol. The molecule has 2 aromatic rings. The molecule has 3 nitrogen and oxygen atoms in total. The number of benzene rings is 1. The molecule has 1 aromatic heterocycles. The highest BCUT2D eigenvalue weighted by molar-refractivity contribution is 9.11. The van der Waals surface area contributed by atoms with E-state index >= 15 is 0 Å². The van der Waals surface area contributed by atoms with Gasteiger partial charge in [0.2, 0.25) is 0 Å². The number of halogens is 2. The maximum atomic E-state index is 12.1. The molecule has 7 heteroatoms. The van der Waals surface area contributed by atoms with Gasteiger partial charge in [-0.25, -0.2) is 0 Å². The van der Waals surface area contributed by atoms with Gasteiger partial charge in [-0.15, -0.1) is 11.3 Å². The van der Waals surface area contributed by atoms with Crippen molar-refractivity contribution in [2.24, 2.45) is 5.73 Å². The van der Waals surface area contributed by atoms with Crippen LogP contribution in [0.15, 0.2) is 37.9 Å². The summed E-state index contributed by atoms with van der Waals surface area (Å²) in [5.41, 5.74) is 7.46. The zero-order valence-corrected chi connectivity index (χ0v) is 14.2. The second-order valence-electron chi connectivity index (χ2n) is 3.65. The lowest BCUT2D eigenvalue weighted by molar-refractivity contribution is 0.102. The summed E-state index contributed by atoms with van der Waals surface area (Å²) < 4.78 is 1.75. The second-order valence-corrected chi connectivity index (χ2v) is 7.29. The van der Waals surface area contributed by atoms with Crippen LogP contribution >= 0.6 is 55.4 Å². The summed E-state index contributed by atoms with van der Waals surface area (Å²) >= 11 is 13.1. The third-order valence-electron chi connectivity index (χ3n) is 2.32. The van der Waals surface area contributed by atoms with Gasteiger partial charge in [0.05, 0.1) is 15.0 Å². The van der Waals surface area contributed by atoms with Crippen molar-refractivity contribution in [1.29, 1.82) is 0 Å². The van der Waals surface area contributed by atoms with Crippen molar-refractivity contribution >= 4 is 72.0 Å². The van der Waals surface area contributed by atoms with E-state index in [-0.39, 0.29) is 10.9 Å². The van der Waals surface area contributed by atoms with Gasteiger partial charge in [0, 0.05) is 15.4 Å². The number of nitrogens with one attached hydrogen (secondary N) is 1. The molecule has 0 aliphatic carbocycles. The summed E-state index contributed by atoms with van der Waals surface area (Å²) in [6, 6.07) is 7.13. The van der Waals surface area contributed by atoms with Crippen LogP contribution in [0.3, 0.4) is 0 Å². The van der Waals surface area contributed by atoms with Crippen molar-refractivity contribution in [3.63, 3.8) is 0 Å². The number of thiocarbonyl (C=S) groups is 1. The van der Waals surface area contributed by atoms with Gasteiger partial charge in [-0.2, -0.15) is 0 Å². The molecule has 19 heavy (non-hydrogen) atoms. The third-order valence-corrected chi connectivity index (χ3v) is 4.54. The van der Waals surface area contributed by atoms with E-state index < -0.39 is 0 Å². The van der Waals surface area contributed by atoms with Crippen LogP contribution in [0.1, 0.15) is 15.9 Å². The van der Waals surface area contributed by atoms with Crippen molar-refractivity contribution < 1.29 is 4.79 Å². The first-order valence-corrected chi connectivity index (χ1v) is 7.99. The van der Waals surface area contributed by atoms with Crippen LogP contribution in [0.4, 0.5) is 5.69 Å². The van der Waals surface area contributed by atoms with Gasteiger partial charge in [-0.05, 0) is 40.2 Å². The Balaban J connectivity index is 2.30. The summed E-state index contributed by atoms with van der Waals surface area (Å²) in [5, 5.41) is 4.59. The normalized spacial score (nSPS) is 10.2. The Labute approximate surface area is 136 Å². The van der Waals surface area contributed by atoms with E-state index in [2.05, 4.69) is 37.2 Å². The minimum absolute atomic E-state index is 0.197. The van der Waals surface area contributed by atoms with Crippen LogP contribution in [-0.2, 0) is 0 Å². The number of rotatable bonds is 3. The molecule has 0 fully saturated rings. The smallest absolute Gasteiger partial charge is 0.256 e. The van der Waals surface area contributed by atoms with Gasteiger partial charge in [0.25, 0.3) is 5.91 Å². The predicted molar refractivity (Wildman–Crippen MR) is 90.0 cm³/mol. The minimum Gasteiger partial charge on any atom is -0.389 e. The van der Waals surface area contributed by atoms with Gasteiger partial charge < -0.3 is 11.1 Å². The zero-order chi connectivity index (χ0) is 14.0. The Kier molecular flexibility index (Phi) is 4.72. The van der Waals surface area contributed by atoms with Crippen molar-refractivity contribution in [2.75, 3.05) is 5.32 Å². The topological polar surface area (TPSA) is 55.1 Å². The maximum Gasteiger partial charge on any atom is 0.256 e. The molecule has 0 saturated carbocycles. The quantitative estimate of drug-likeness (QED) is 0.734. The van der Waals surface area contributed by atoms with Crippen molar-refractivity contribution in [3.05, 3.63) is 49.0 Å². The number of carbonyl (C=O) groups excluding carboxylic acids is 1. The van der Waals surface area contributed by atoms with E-state index in [4.69, 9.17) is 18.0 Å². The molecule has 0 bridgehead atoms. The average Bonchev–Trinajstić information content (AvgIpc) is 2.75. The molecule has 2 rings (SSSR count). The van der Waals surface area contributed by atoms with Crippen LogP contribution in [0, 0.1) is 0 Å². The molecule has 0 aliphatic heterocycles. The molecule has 1 amide bonds. The standard InChI is InChI=1S/C12H8Br2N2OS2/c13-7-1-2-8(11(15)18)9(4-7)16-12(17)6-3-10(14)19-5-6/h1-5H,(H2,15,18)(H,16,17). The molecule has 0 spiro atoms. The first-order valence-electron chi connectivity index (χ1n) is 5.12. The van der Waals surface area contributed by atoms with E-state index in [1.54, 1.807) is 23.6 Å². The SMILES string of the molecule is NC(=S)c1ccc(Br)cc1NC(=O)c1csc(Br)c1. The first kappa shape index (κ1) is 14.6. The number of hydrogen-bond donors (Lipinski definition) is 2. The predicted octanol–water partition coefficient (Wildman–Crippen LogP) is 4.16. The maximum absolute atomic E-state index is 12.1. The first-order chi connectivity index (χ1) is 8.97. The van der Waals surface area contributed by atoms with Crippen molar-refractivity contribution in [1.82, 2.24) is 0 Å². The Morgan fingerprint density at radius 2 is 2.05 bits per heavy atom. The largest absolute Gasteiger partial charge is 0.389 e. The highest BCUT2D eigenvalue weighted by atomic mass is 79.9. The summed E-state index contributed by atoms with van der Waals surface area (Å²) in [6.07, 6.45) is 0. The molecule has 0 atom stereocenters. The van der Waals surface area contributed by atoms with Gasteiger partial charge in [0.1, 0.15) is 4.99 Å². The van der Waals surface area contributed by atoms with Gasteiger partial charge >= 0.3 is 0 Å². The van der Waals surface area contributed by atoms with Crippen molar-refractivity contribution in [3.8, 4) is 0 Å². The molecule has 0 saturated heterocycles. The fourth-order valence-electron chi connectivity index (χ4n) is 1.46. The Morgan fingerprint density at radius 1 is 1.32 bits per heavy atom. The number of thiophene rings is 1. The van der Waals surface area contributed by atoms with E-state index in [0.717, 1.165) is 8.26 Å². The summed E-state index contributed by atoms with van der Waals surface area (Å²) in [7, 11) is 0. The van der Waals surface area contributed by atoms with E-state index in [9.17, 15) is 4.79 Å². The molecule has 1 heterocycles. The number of carbonyl (C=O) groups is 1. The van der Waals surface area contributed by atoms with Crippen molar-refractivity contribution in [2.45, 2.75) is 0 Å². The Hall–Kier alpha value is -0.760. The molecular formula is C12H8Br2N2OS2. The lowest BCUT2D eigenvalue weighted by atomic mass is 10.1. The van der Waals surface area contributed by atoms with E-state index in [1.165, 1.54) is 11.3 Å². The lowest BCUT2D eigenvalue weighted by Gasteiger charge is -2.10. The van der Waals surface area contributed by atoms with E-state index in [1.807, 2.05) is 6.07 Å². The molecular weight excluding hydrogens is 412 g/mol. The van der Waals surface area contributed by atoms with Crippen LogP contribution in [0.2, 0.25) is 0 Å². The number of nitrogens with two attached hydrogens (primary N) is 1. The number of anilines is 1. The minimum atomic E-state index is -0.197. The molecule has 3 N–H and O–H groups in total. The monoisotopic (exact) mass is 418 g/mol. The van der Waals surface area contributed by atoms with Gasteiger partial charge in [-0.1, -0.05) is 28.1 Å². The molecule has 98 valence electrons. The summed E-state index contributed by atoms with van der Waals surface area (Å²) in [4.78, 5) is 12.3. The van der Waals surface area contributed by atoms with Gasteiger partial charge in [0.15, 0.2) is 0 Å². The number of amides is 1. The molecule has 0 radical (unpaired) electrons. The number of hydrogen-bond acceptors (Lipinski definition) is 3. The Morgan fingerprint density at radius 3 is 2.63 bits per heavy atom. The van der Waals surface area contributed by atoms with Crippen LogP contribution in [0.25, 0.3) is 0 Å². The molecule has 1 aromatic carbocycles. The highest BCUT2D eigenvalue weighted by Crippen LogP contribution is 2.24. The van der Waals surface area contributed by atoms with Crippen LogP contribution < -0.4 is 11.1 Å². The summed E-state index contributed by atoms with van der Waals surface area (Å²) in [5.74, 6) is -0.197. The second kappa shape index (κ2) is 6.13. The van der Waals surface area contributed by atoms with Gasteiger partial charge in [-0.3, -0.25) is 4.79 Å². The lowest BCUT2D eigenvalue weighted by Crippen LogP contribution is -2.17. The third kappa shape index (κ3) is 3.62. The fourth-order valence-corrected chi connectivity index (χ4v) is 3.13. The fraction of sp³-hybridized carbons (Fsp3) is 0. The van der Waals surface area contributed by atoms with Crippen LogP contribution in [-0.4, -0.2) is 10.9 Å².